The van der Waals surface area contributed by atoms with Crippen LogP contribution in [0.3, 0.4) is 0 Å². The summed E-state index contributed by atoms with van der Waals surface area (Å²) >= 11 is 0. The van der Waals surface area contributed by atoms with E-state index in [-0.39, 0.29) is 0 Å². The molecular formula is C13H14N4. The van der Waals surface area contributed by atoms with Gasteiger partial charge >= 0.3 is 0 Å². The molecule has 0 spiro atoms. The standard InChI is InChI=1S/C13H14N4/c1-9-4-7-12(8-14)13(15-9)16-17-10(2)5-6-11(17)3/h4-7H,1-3H3,(H,15,16). The van der Waals surface area contributed by atoms with Crippen molar-refractivity contribution >= 4 is 5.82 Å². The van der Waals surface area contributed by atoms with E-state index in [9.17, 15) is 0 Å². The first kappa shape index (κ1) is 11.2. The number of hydrogen-bond donors (Lipinski definition) is 1. The van der Waals surface area contributed by atoms with Crippen molar-refractivity contribution in [1.29, 1.82) is 5.26 Å². The van der Waals surface area contributed by atoms with E-state index >= 15 is 0 Å². The second-order valence-electron chi connectivity index (χ2n) is 4.02. The maximum Gasteiger partial charge on any atom is 0.163 e. The molecule has 2 heterocycles. The lowest BCUT2D eigenvalue weighted by molar-refractivity contribution is 0.867. The zero-order chi connectivity index (χ0) is 12.4. The molecule has 2 aromatic rings. The van der Waals surface area contributed by atoms with Gasteiger partial charge in [-0.3, -0.25) is 10.1 Å². The summed E-state index contributed by atoms with van der Waals surface area (Å²) in [6.45, 7) is 5.91. The molecule has 0 radical (unpaired) electrons. The maximum atomic E-state index is 9.04. The molecule has 0 saturated carbocycles. The first-order chi connectivity index (χ1) is 8.11. The SMILES string of the molecule is Cc1ccc(C#N)c(Nn2c(C)ccc2C)n1. The van der Waals surface area contributed by atoms with E-state index in [1.807, 2.05) is 43.6 Å². The number of nitrogens with zero attached hydrogens (tertiary/aromatic N) is 3. The summed E-state index contributed by atoms with van der Waals surface area (Å²) in [5, 5.41) is 9.04. The van der Waals surface area contributed by atoms with E-state index in [2.05, 4.69) is 16.5 Å². The van der Waals surface area contributed by atoms with Crippen LogP contribution in [0, 0.1) is 32.1 Å². The molecule has 0 saturated heterocycles. The predicted molar refractivity (Wildman–Crippen MR) is 66.6 cm³/mol. The van der Waals surface area contributed by atoms with E-state index in [4.69, 9.17) is 5.26 Å². The Labute approximate surface area is 100 Å². The smallest absolute Gasteiger partial charge is 0.163 e. The van der Waals surface area contributed by atoms with Gasteiger partial charge in [0.1, 0.15) is 6.07 Å². The van der Waals surface area contributed by atoms with Crippen LogP contribution in [0.2, 0.25) is 0 Å². The van der Waals surface area contributed by atoms with Gasteiger partial charge in [0.15, 0.2) is 5.82 Å². The van der Waals surface area contributed by atoms with Gasteiger partial charge in [-0.05, 0) is 45.0 Å². The van der Waals surface area contributed by atoms with Crippen molar-refractivity contribution in [2.75, 3.05) is 5.43 Å². The van der Waals surface area contributed by atoms with Crippen molar-refractivity contribution in [2.24, 2.45) is 0 Å². The number of aryl methyl sites for hydroxylation is 3. The number of hydrogen-bond acceptors (Lipinski definition) is 3. The molecule has 2 aromatic heterocycles. The van der Waals surface area contributed by atoms with Gasteiger partial charge in [0.2, 0.25) is 0 Å². The van der Waals surface area contributed by atoms with Crippen molar-refractivity contribution < 1.29 is 0 Å². The highest BCUT2D eigenvalue weighted by atomic mass is 15.4. The van der Waals surface area contributed by atoms with Gasteiger partial charge in [0.25, 0.3) is 0 Å². The van der Waals surface area contributed by atoms with Gasteiger partial charge in [-0.15, -0.1) is 0 Å². The summed E-state index contributed by atoms with van der Waals surface area (Å²) in [6, 6.07) is 9.78. The van der Waals surface area contributed by atoms with Crippen molar-refractivity contribution in [3.05, 3.63) is 46.9 Å². The number of nitriles is 1. The zero-order valence-corrected chi connectivity index (χ0v) is 10.2. The Morgan fingerprint density at radius 1 is 1.12 bits per heavy atom. The van der Waals surface area contributed by atoms with Gasteiger partial charge in [-0.1, -0.05) is 0 Å². The first-order valence-electron chi connectivity index (χ1n) is 5.41. The summed E-state index contributed by atoms with van der Waals surface area (Å²) in [4.78, 5) is 4.35. The molecule has 0 fully saturated rings. The van der Waals surface area contributed by atoms with Gasteiger partial charge in [-0.2, -0.15) is 5.26 Å². The highest BCUT2D eigenvalue weighted by Crippen LogP contribution is 2.15. The van der Waals surface area contributed by atoms with Gasteiger partial charge in [0, 0.05) is 17.1 Å². The van der Waals surface area contributed by atoms with Crippen molar-refractivity contribution in [3.8, 4) is 6.07 Å². The molecule has 0 amide bonds. The van der Waals surface area contributed by atoms with Gasteiger partial charge in [-0.25, -0.2) is 4.98 Å². The maximum absolute atomic E-state index is 9.04. The average molecular weight is 226 g/mol. The van der Waals surface area contributed by atoms with E-state index in [1.54, 1.807) is 6.07 Å². The minimum absolute atomic E-state index is 0.545. The highest BCUT2D eigenvalue weighted by molar-refractivity contribution is 5.52. The minimum atomic E-state index is 0.545. The number of nitrogens with one attached hydrogen (secondary N) is 1. The largest absolute Gasteiger partial charge is 0.276 e. The van der Waals surface area contributed by atoms with Crippen LogP contribution >= 0.6 is 0 Å². The van der Waals surface area contributed by atoms with Crippen LogP contribution in [0.5, 0.6) is 0 Å². The molecule has 0 aliphatic heterocycles. The Morgan fingerprint density at radius 3 is 2.35 bits per heavy atom. The van der Waals surface area contributed by atoms with E-state index < -0.39 is 0 Å². The van der Waals surface area contributed by atoms with Crippen molar-refractivity contribution in [2.45, 2.75) is 20.8 Å². The molecule has 4 nitrogen and oxygen atoms in total. The lowest BCUT2D eigenvalue weighted by Crippen LogP contribution is -2.14. The quantitative estimate of drug-likeness (QED) is 0.856. The molecule has 0 aliphatic rings. The fourth-order valence-corrected chi connectivity index (χ4v) is 1.68. The number of aromatic nitrogens is 2. The molecule has 1 N–H and O–H groups in total. The predicted octanol–water partition coefficient (Wildman–Crippen LogP) is 2.56. The Morgan fingerprint density at radius 2 is 1.76 bits per heavy atom. The second-order valence-corrected chi connectivity index (χ2v) is 4.02. The molecule has 86 valence electrons. The second kappa shape index (κ2) is 4.30. The van der Waals surface area contributed by atoms with Crippen LogP contribution in [0.25, 0.3) is 0 Å². The first-order valence-corrected chi connectivity index (χ1v) is 5.41. The van der Waals surface area contributed by atoms with Crippen LogP contribution in [0.1, 0.15) is 22.6 Å². The Kier molecular flexibility index (Phi) is 2.84. The van der Waals surface area contributed by atoms with Crippen LogP contribution in [-0.2, 0) is 0 Å². The summed E-state index contributed by atoms with van der Waals surface area (Å²) in [5.74, 6) is 0.593. The highest BCUT2D eigenvalue weighted by Gasteiger charge is 2.06. The third kappa shape index (κ3) is 2.13. The lowest BCUT2D eigenvalue weighted by Gasteiger charge is -2.13. The molecule has 0 unspecified atom stereocenters. The number of anilines is 1. The van der Waals surface area contributed by atoms with Crippen LogP contribution in [0.15, 0.2) is 24.3 Å². The van der Waals surface area contributed by atoms with E-state index in [0.717, 1.165) is 17.1 Å². The normalized spacial score (nSPS) is 10.0. The van der Waals surface area contributed by atoms with Crippen LogP contribution < -0.4 is 5.43 Å². The fourth-order valence-electron chi connectivity index (χ4n) is 1.68. The minimum Gasteiger partial charge on any atom is -0.276 e. The van der Waals surface area contributed by atoms with Crippen LogP contribution in [0.4, 0.5) is 5.82 Å². The summed E-state index contributed by atoms with van der Waals surface area (Å²) in [6.07, 6.45) is 0. The number of rotatable bonds is 2. The van der Waals surface area contributed by atoms with E-state index in [0.29, 0.717) is 11.4 Å². The van der Waals surface area contributed by atoms with Gasteiger partial charge in [0.05, 0.1) is 5.56 Å². The zero-order valence-electron chi connectivity index (χ0n) is 10.2. The fraction of sp³-hybridized carbons (Fsp3) is 0.231. The Bertz CT molecular complexity index is 570. The lowest BCUT2D eigenvalue weighted by atomic mass is 10.2. The van der Waals surface area contributed by atoms with E-state index in [1.165, 1.54) is 0 Å². The molecule has 0 aromatic carbocycles. The molecule has 0 bridgehead atoms. The molecule has 0 atom stereocenters. The molecule has 2 rings (SSSR count). The van der Waals surface area contributed by atoms with Crippen molar-refractivity contribution in [1.82, 2.24) is 9.66 Å². The van der Waals surface area contributed by atoms with Crippen molar-refractivity contribution in [3.63, 3.8) is 0 Å². The Hall–Kier alpha value is -2.28. The average Bonchev–Trinajstić information content (AvgIpc) is 2.61. The Balaban J connectivity index is 2.43. The molecule has 17 heavy (non-hydrogen) atoms. The van der Waals surface area contributed by atoms with Gasteiger partial charge < -0.3 is 0 Å². The summed E-state index contributed by atoms with van der Waals surface area (Å²) in [5.41, 5.74) is 6.75. The number of pyridine rings is 1. The third-order valence-electron chi connectivity index (χ3n) is 2.64. The van der Waals surface area contributed by atoms with Crippen LogP contribution in [-0.4, -0.2) is 9.66 Å². The monoisotopic (exact) mass is 226 g/mol. The summed E-state index contributed by atoms with van der Waals surface area (Å²) in [7, 11) is 0. The summed E-state index contributed by atoms with van der Waals surface area (Å²) < 4.78 is 1.92. The topological polar surface area (TPSA) is 53.6 Å². The third-order valence-corrected chi connectivity index (χ3v) is 2.64. The molecule has 4 heteroatoms. The molecular weight excluding hydrogens is 212 g/mol. The molecule has 0 aliphatic carbocycles.